The Hall–Kier alpha value is -0.860. The van der Waals surface area contributed by atoms with Crippen LogP contribution in [-0.2, 0) is 14.8 Å². The van der Waals surface area contributed by atoms with Crippen LogP contribution in [0.1, 0.15) is 19.3 Å². The molecular formula is C17H25ClN2O4S. The molecule has 0 spiro atoms. The Morgan fingerprint density at radius 3 is 2.72 bits per heavy atom. The van der Waals surface area contributed by atoms with E-state index in [0.29, 0.717) is 49.0 Å². The van der Waals surface area contributed by atoms with Gasteiger partial charge in [0.05, 0.1) is 13.2 Å². The third-order valence-electron chi connectivity index (χ3n) is 4.88. The number of hydrogen-bond acceptors (Lipinski definition) is 5. The van der Waals surface area contributed by atoms with Gasteiger partial charge >= 0.3 is 0 Å². The molecule has 0 aromatic heterocycles. The van der Waals surface area contributed by atoms with Crippen molar-refractivity contribution in [2.75, 3.05) is 40.0 Å². The molecule has 25 heavy (non-hydrogen) atoms. The summed E-state index contributed by atoms with van der Waals surface area (Å²) in [5, 5.41) is 3.60. The number of nitrogens with zero attached hydrogens (tertiary/aromatic N) is 1. The number of ether oxygens (including phenoxy) is 2. The van der Waals surface area contributed by atoms with E-state index >= 15 is 0 Å². The standard InChI is InChI=1S/C17H25ClN2O4S/c1-19-15-4-7-20(8-5-15)25(21,22)17-10-14(18)2-3-16(17)24-12-13-6-9-23-11-13/h2-3,10,13,15,19H,4-9,11-12H2,1H3. The molecule has 0 saturated carbocycles. The average molecular weight is 389 g/mol. The molecule has 0 bridgehead atoms. The van der Waals surface area contributed by atoms with Crippen LogP contribution in [0.15, 0.2) is 23.1 Å². The van der Waals surface area contributed by atoms with E-state index < -0.39 is 10.0 Å². The Labute approximate surface area is 154 Å². The summed E-state index contributed by atoms with van der Waals surface area (Å²) < 4.78 is 38.9. The lowest BCUT2D eigenvalue weighted by Gasteiger charge is -2.31. The first-order valence-corrected chi connectivity index (χ1v) is 10.5. The van der Waals surface area contributed by atoms with Gasteiger partial charge < -0.3 is 14.8 Å². The van der Waals surface area contributed by atoms with E-state index in [1.54, 1.807) is 12.1 Å². The van der Waals surface area contributed by atoms with Crippen molar-refractivity contribution >= 4 is 21.6 Å². The highest BCUT2D eigenvalue weighted by molar-refractivity contribution is 7.89. The molecule has 1 atom stereocenters. The van der Waals surface area contributed by atoms with Gasteiger partial charge in [0.2, 0.25) is 10.0 Å². The van der Waals surface area contributed by atoms with Crippen molar-refractivity contribution in [1.82, 2.24) is 9.62 Å². The molecule has 1 aromatic rings. The molecule has 2 saturated heterocycles. The van der Waals surface area contributed by atoms with Crippen LogP contribution in [-0.4, -0.2) is 58.7 Å². The number of nitrogens with one attached hydrogen (secondary N) is 1. The fourth-order valence-electron chi connectivity index (χ4n) is 3.25. The Balaban J connectivity index is 1.78. The van der Waals surface area contributed by atoms with Crippen molar-refractivity contribution in [3.05, 3.63) is 23.2 Å². The van der Waals surface area contributed by atoms with Gasteiger partial charge in [-0.05, 0) is 44.5 Å². The van der Waals surface area contributed by atoms with E-state index in [1.165, 1.54) is 10.4 Å². The minimum atomic E-state index is -3.63. The quantitative estimate of drug-likeness (QED) is 0.808. The highest BCUT2D eigenvalue weighted by atomic mass is 35.5. The van der Waals surface area contributed by atoms with E-state index in [-0.39, 0.29) is 4.90 Å². The molecular weight excluding hydrogens is 364 g/mol. The van der Waals surface area contributed by atoms with Crippen molar-refractivity contribution in [3.63, 3.8) is 0 Å². The fraction of sp³-hybridized carbons (Fsp3) is 0.647. The van der Waals surface area contributed by atoms with Gasteiger partial charge in [-0.3, -0.25) is 0 Å². The van der Waals surface area contributed by atoms with Gasteiger partial charge in [0.1, 0.15) is 10.6 Å². The third kappa shape index (κ3) is 4.46. The van der Waals surface area contributed by atoms with Crippen molar-refractivity contribution < 1.29 is 17.9 Å². The zero-order chi connectivity index (χ0) is 17.9. The van der Waals surface area contributed by atoms with Gasteiger partial charge in [-0.2, -0.15) is 4.31 Å². The molecule has 8 heteroatoms. The second-order valence-electron chi connectivity index (χ2n) is 6.60. The Morgan fingerprint density at radius 2 is 2.08 bits per heavy atom. The van der Waals surface area contributed by atoms with Crippen LogP contribution in [0.3, 0.4) is 0 Å². The molecule has 1 unspecified atom stereocenters. The molecule has 6 nitrogen and oxygen atoms in total. The summed E-state index contributed by atoms with van der Waals surface area (Å²) in [6, 6.07) is 5.16. The third-order valence-corrected chi connectivity index (χ3v) is 7.04. The Bertz CT molecular complexity index is 684. The van der Waals surface area contributed by atoms with Gasteiger partial charge in [-0.1, -0.05) is 11.6 Å². The number of piperidine rings is 1. The summed E-state index contributed by atoms with van der Waals surface area (Å²) in [5.74, 6) is 0.671. The largest absolute Gasteiger partial charge is 0.492 e. The molecule has 2 fully saturated rings. The van der Waals surface area contributed by atoms with Crippen LogP contribution >= 0.6 is 11.6 Å². The zero-order valence-electron chi connectivity index (χ0n) is 14.4. The number of sulfonamides is 1. The summed E-state index contributed by atoms with van der Waals surface area (Å²) in [4.78, 5) is 0.154. The molecule has 2 aliphatic rings. The molecule has 2 aliphatic heterocycles. The number of hydrogen-bond donors (Lipinski definition) is 1. The van der Waals surface area contributed by atoms with Crippen LogP contribution < -0.4 is 10.1 Å². The first-order valence-electron chi connectivity index (χ1n) is 8.68. The van der Waals surface area contributed by atoms with Crippen LogP contribution in [0.25, 0.3) is 0 Å². The smallest absolute Gasteiger partial charge is 0.246 e. The number of benzene rings is 1. The Morgan fingerprint density at radius 1 is 1.32 bits per heavy atom. The highest BCUT2D eigenvalue weighted by Gasteiger charge is 2.31. The monoisotopic (exact) mass is 388 g/mol. The van der Waals surface area contributed by atoms with Crippen LogP contribution in [0, 0.1) is 5.92 Å². The van der Waals surface area contributed by atoms with Crippen molar-refractivity contribution in [1.29, 1.82) is 0 Å². The molecule has 0 aliphatic carbocycles. The zero-order valence-corrected chi connectivity index (χ0v) is 16.0. The van der Waals surface area contributed by atoms with Crippen LogP contribution in [0.4, 0.5) is 0 Å². The normalized spacial score (nSPS) is 23.0. The summed E-state index contributed by atoms with van der Waals surface area (Å²) in [5.41, 5.74) is 0. The predicted molar refractivity (Wildman–Crippen MR) is 96.7 cm³/mol. The van der Waals surface area contributed by atoms with Gasteiger partial charge in [-0.25, -0.2) is 8.42 Å². The molecule has 140 valence electrons. The summed E-state index contributed by atoms with van der Waals surface area (Å²) in [6.45, 7) is 2.84. The van der Waals surface area contributed by atoms with E-state index in [1.807, 2.05) is 7.05 Å². The van der Waals surface area contributed by atoms with Gasteiger partial charge in [0.25, 0.3) is 0 Å². The first kappa shape index (κ1) is 18.9. The molecule has 1 N–H and O–H groups in total. The van der Waals surface area contributed by atoms with Crippen molar-refractivity contribution in [2.45, 2.75) is 30.2 Å². The molecule has 3 rings (SSSR count). The lowest BCUT2D eigenvalue weighted by molar-refractivity contribution is 0.166. The van der Waals surface area contributed by atoms with Gasteiger partial charge in [0, 0.05) is 36.7 Å². The molecule has 0 radical (unpaired) electrons. The lowest BCUT2D eigenvalue weighted by atomic mass is 10.1. The van der Waals surface area contributed by atoms with E-state index in [4.69, 9.17) is 21.1 Å². The van der Waals surface area contributed by atoms with Gasteiger partial charge in [0.15, 0.2) is 0 Å². The number of halogens is 1. The number of rotatable bonds is 6. The minimum Gasteiger partial charge on any atom is -0.492 e. The molecule has 0 amide bonds. The second-order valence-corrected chi connectivity index (χ2v) is 8.94. The minimum absolute atomic E-state index is 0.154. The summed E-state index contributed by atoms with van der Waals surface area (Å²) in [7, 11) is -1.72. The predicted octanol–water partition coefficient (Wildman–Crippen LogP) is 2.13. The van der Waals surface area contributed by atoms with Gasteiger partial charge in [-0.15, -0.1) is 0 Å². The van der Waals surface area contributed by atoms with E-state index in [2.05, 4.69) is 5.32 Å². The highest BCUT2D eigenvalue weighted by Crippen LogP contribution is 2.32. The lowest BCUT2D eigenvalue weighted by Crippen LogP contribution is -2.43. The molecule has 1 aromatic carbocycles. The van der Waals surface area contributed by atoms with Crippen molar-refractivity contribution in [2.24, 2.45) is 5.92 Å². The maximum Gasteiger partial charge on any atom is 0.246 e. The van der Waals surface area contributed by atoms with E-state index in [9.17, 15) is 8.42 Å². The topological polar surface area (TPSA) is 67.9 Å². The SMILES string of the molecule is CNC1CCN(S(=O)(=O)c2cc(Cl)ccc2OCC2CCOC2)CC1. The average Bonchev–Trinajstić information content (AvgIpc) is 3.14. The summed E-state index contributed by atoms with van der Waals surface area (Å²) in [6.07, 6.45) is 2.53. The Kier molecular flexibility index (Phi) is 6.22. The second kappa shape index (κ2) is 8.22. The van der Waals surface area contributed by atoms with E-state index in [0.717, 1.165) is 25.9 Å². The first-order chi connectivity index (χ1) is 12.0. The maximum absolute atomic E-state index is 13.1. The maximum atomic E-state index is 13.1. The van der Waals surface area contributed by atoms with Crippen molar-refractivity contribution in [3.8, 4) is 5.75 Å². The molecule has 2 heterocycles. The fourth-order valence-corrected chi connectivity index (χ4v) is 5.11. The summed E-state index contributed by atoms with van der Waals surface area (Å²) >= 11 is 6.07. The van der Waals surface area contributed by atoms with Crippen LogP contribution in [0.2, 0.25) is 5.02 Å². The van der Waals surface area contributed by atoms with Crippen LogP contribution in [0.5, 0.6) is 5.75 Å².